The van der Waals surface area contributed by atoms with Gasteiger partial charge in [0.15, 0.2) is 0 Å². The van der Waals surface area contributed by atoms with Crippen LogP contribution in [0, 0.1) is 11.8 Å². The van der Waals surface area contributed by atoms with Crippen molar-refractivity contribution in [3.05, 3.63) is 46.2 Å². The largest absolute Gasteiger partial charge is 0.415 e. The zero-order valence-electron chi connectivity index (χ0n) is 13.5. The first-order chi connectivity index (χ1) is 11.2. The van der Waals surface area contributed by atoms with Crippen molar-refractivity contribution in [2.24, 2.45) is 0 Å². The summed E-state index contributed by atoms with van der Waals surface area (Å²) in [6.07, 6.45) is 1.63. The van der Waals surface area contributed by atoms with Crippen LogP contribution in [-0.2, 0) is 0 Å². The number of amides is 1. The molecule has 1 aromatic heterocycles. The number of nitrogens with zero attached hydrogens (tertiary/aromatic N) is 1. The number of thiophene rings is 1. The van der Waals surface area contributed by atoms with Gasteiger partial charge >= 0.3 is 6.09 Å². The van der Waals surface area contributed by atoms with E-state index < -0.39 is 0 Å². The zero-order chi connectivity index (χ0) is 16.7. The topological polar surface area (TPSA) is 29.5 Å². The maximum atomic E-state index is 12.2. The molecule has 3 nitrogen and oxygen atoms in total. The number of ether oxygens (including phenoxy) is 1. The Morgan fingerprint density at radius 2 is 2.04 bits per heavy atom. The van der Waals surface area contributed by atoms with Gasteiger partial charge in [0, 0.05) is 29.6 Å². The lowest BCUT2D eigenvalue weighted by atomic mass is 10.2. The maximum Gasteiger partial charge on any atom is 0.415 e. The molecule has 23 heavy (non-hydrogen) atoms. The lowest BCUT2D eigenvalue weighted by Gasteiger charge is -2.19. The van der Waals surface area contributed by atoms with Crippen LogP contribution in [0.1, 0.15) is 25.0 Å². The van der Waals surface area contributed by atoms with Gasteiger partial charge < -0.3 is 9.64 Å². The van der Waals surface area contributed by atoms with Gasteiger partial charge in [-0.25, -0.2) is 4.79 Å². The number of carbonyl (C=O) groups excluding carboxylic acids is 1. The molecule has 0 aliphatic carbocycles. The highest BCUT2D eigenvalue weighted by Crippen LogP contribution is 2.31. The molecule has 1 amide bonds. The molecule has 1 heterocycles. The van der Waals surface area contributed by atoms with Crippen molar-refractivity contribution in [2.45, 2.75) is 18.7 Å². The van der Waals surface area contributed by atoms with Gasteiger partial charge in [0.05, 0.1) is 4.90 Å². The summed E-state index contributed by atoms with van der Waals surface area (Å²) in [7, 11) is 0. The molecule has 0 atom stereocenters. The number of thioether (sulfide) groups is 1. The van der Waals surface area contributed by atoms with E-state index in [4.69, 9.17) is 4.74 Å². The van der Waals surface area contributed by atoms with Crippen LogP contribution in [0.5, 0.6) is 5.75 Å². The van der Waals surface area contributed by atoms with E-state index in [0.717, 1.165) is 16.0 Å². The molecule has 0 saturated carbocycles. The molecule has 0 aliphatic heterocycles. The van der Waals surface area contributed by atoms with E-state index >= 15 is 0 Å². The molecule has 2 aromatic rings. The molecule has 0 N–H and O–H groups in total. The van der Waals surface area contributed by atoms with E-state index in [-0.39, 0.29) is 6.09 Å². The molecule has 2 rings (SSSR count). The van der Waals surface area contributed by atoms with Crippen LogP contribution in [0.3, 0.4) is 0 Å². The molecule has 0 unspecified atom stereocenters. The van der Waals surface area contributed by atoms with Crippen LogP contribution >= 0.6 is 23.1 Å². The Kier molecular flexibility index (Phi) is 6.57. The Morgan fingerprint density at radius 1 is 1.26 bits per heavy atom. The maximum absolute atomic E-state index is 12.2. The summed E-state index contributed by atoms with van der Waals surface area (Å²) in [5, 5.41) is 4.01. The van der Waals surface area contributed by atoms with Crippen LogP contribution in [0.15, 0.2) is 39.9 Å². The minimum Gasteiger partial charge on any atom is -0.409 e. The van der Waals surface area contributed by atoms with Crippen molar-refractivity contribution in [1.29, 1.82) is 0 Å². The third-order valence-corrected chi connectivity index (χ3v) is 4.78. The number of benzene rings is 1. The monoisotopic (exact) mass is 345 g/mol. The average molecular weight is 345 g/mol. The second-order valence-corrected chi connectivity index (χ2v) is 6.24. The van der Waals surface area contributed by atoms with Crippen molar-refractivity contribution >= 4 is 29.2 Å². The highest BCUT2D eigenvalue weighted by Gasteiger charge is 2.15. The smallest absolute Gasteiger partial charge is 0.409 e. The molecule has 0 radical (unpaired) electrons. The van der Waals surface area contributed by atoms with Crippen LogP contribution in [0.25, 0.3) is 0 Å². The molecule has 0 fully saturated rings. The van der Waals surface area contributed by atoms with Gasteiger partial charge in [-0.05, 0) is 43.7 Å². The number of rotatable bonds is 4. The molecule has 5 heteroatoms. The van der Waals surface area contributed by atoms with Gasteiger partial charge in [-0.1, -0.05) is 17.9 Å². The van der Waals surface area contributed by atoms with E-state index in [1.165, 1.54) is 11.8 Å². The van der Waals surface area contributed by atoms with E-state index in [9.17, 15) is 4.79 Å². The fourth-order valence-electron chi connectivity index (χ4n) is 2.02. The van der Waals surface area contributed by atoms with E-state index in [1.54, 1.807) is 16.2 Å². The second kappa shape index (κ2) is 8.66. The van der Waals surface area contributed by atoms with Gasteiger partial charge in [-0.3, -0.25) is 0 Å². The second-order valence-electron chi connectivity index (χ2n) is 4.64. The van der Waals surface area contributed by atoms with Gasteiger partial charge in [0.25, 0.3) is 0 Å². The van der Waals surface area contributed by atoms with Crippen molar-refractivity contribution in [3.63, 3.8) is 0 Å². The van der Waals surface area contributed by atoms with Gasteiger partial charge in [-0.15, -0.1) is 11.8 Å². The Morgan fingerprint density at radius 3 is 2.65 bits per heavy atom. The third-order valence-electron chi connectivity index (χ3n) is 3.26. The summed E-state index contributed by atoms with van der Waals surface area (Å²) in [5.74, 6) is 6.87. The van der Waals surface area contributed by atoms with Crippen molar-refractivity contribution in [2.75, 3.05) is 19.3 Å². The summed E-state index contributed by atoms with van der Waals surface area (Å²) in [4.78, 5) is 14.7. The predicted molar refractivity (Wildman–Crippen MR) is 97.5 cm³/mol. The highest BCUT2D eigenvalue weighted by molar-refractivity contribution is 7.98. The molecule has 0 spiro atoms. The summed E-state index contributed by atoms with van der Waals surface area (Å²) in [6, 6.07) is 7.60. The van der Waals surface area contributed by atoms with Gasteiger partial charge in [0.2, 0.25) is 0 Å². The highest BCUT2D eigenvalue weighted by atomic mass is 32.2. The van der Waals surface area contributed by atoms with E-state index in [1.807, 2.05) is 55.1 Å². The Hall–Kier alpha value is -1.90. The molecular formula is C18H19NO2S2. The van der Waals surface area contributed by atoms with Crippen molar-refractivity contribution in [1.82, 2.24) is 4.90 Å². The fraction of sp³-hybridized carbons (Fsp3) is 0.278. The molecule has 1 aromatic carbocycles. The summed E-state index contributed by atoms with van der Waals surface area (Å²) in [6.45, 7) is 5.12. The lowest BCUT2D eigenvalue weighted by molar-refractivity contribution is 0.156. The van der Waals surface area contributed by atoms with Gasteiger partial charge in [0.1, 0.15) is 5.75 Å². The lowest BCUT2D eigenvalue weighted by Crippen LogP contribution is -2.33. The fourth-order valence-corrected chi connectivity index (χ4v) is 3.26. The summed E-state index contributed by atoms with van der Waals surface area (Å²) < 4.78 is 5.56. The average Bonchev–Trinajstić information content (AvgIpc) is 3.07. The number of carbonyl (C=O) groups is 1. The Balaban J connectivity index is 2.28. The summed E-state index contributed by atoms with van der Waals surface area (Å²) >= 11 is 3.15. The third kappa shape index (κ3) is 4.54. The molecule has 0 aliphatic rings. The van der Waals surface area contributed by atoms with Gasteiger partial charge in [-0.2, -0.15) is 11.3 Å². The SMILES string of the molecule is CCN(CC)C(=O)Oc1cccc(C#Cc2ccsc2)c1SC. The van der Waals surface area contributed by atoms with Crippen LogP contribution < -0.4 is 4.74 Å². The zero-order valence-corrected chi connectivity index (χ0v) is 15.1. The molecule has 120 valence electrons. The number of hydrogen-bond donors (Lipinski definition) is 0. The molecule has 0 bridgehead atoms. The number of hydrogen-bond acceptors (Lipinski definition) is 4. The standard InChI is InChI=1S/C18H19NO2S2/c1-4-19(5-2)18(20)21-16-8-6-7-15(17(16)22-3)10-9-14-11-12-23-13-14/h6-8,11-13H,4-5H2,1-3H3. The van der Waals surface area contributed by atoms with Crippen LogP contribution in [0.4, 0.5) is 4.79 Å². The molecule has 0 saturated heterocycles. The summed E-state index contributed by atoms with van der Waals surface area (Å²) in [5.41, 5.74) is 1.86. The van der Waals surface area contributed by atoms with Crippen LogP contribution in [0.2, 0.25) is 0 Å². The predicted octanol–water partition coefficient (Wildman–Crippen LogP) is 4.71. The quantitative estimate of drug-likeness (QED) is 0.594. The molecular weight excluding hydrogens is 326 g/mol. The van der Waals surface area contributed by atoms with E-state index in [2.05, 4.69) is 11.8 Å². The van der Waals surface area contributed by atoms with E-state index in [0.29, 0.717) is 18.8 Å². The minimum atomic E-state index is -0.326. The van der Waals surface area contributed by atoms with Crippen molar-refractivity contribution in [3.8, 4) is 17.6 Å². The Bertz CT molecular complexity index is 710. The minimum absolute atomic E-state index is 0.326. The first kappa shape index (κ1) is 17.5. The van der Waals surface area contributed by atoms with Crippen LogP contribution in [-0.4, -0.2) is 30.3 Å². The van der Waals surface area contributed by atoms with Crippen molar-refractivity contribution < 1.29 is 9.53 Å². The normalized spacial score (nSPS) is 9.87. The first-order valence-corrected chi connectivity index (χ1v) is 9.54. The first-order valence-electron chi connectivity index (χ1n) is 7.37. The Labute approximate surface area is 145 Å².